The molecule has 2 aromatic rings. The van der Waals surface area contributed by atoms with Crippen LogP contribution in [0.1, 0.15) is 5.56 Å². The van der Waals surface area contributed by atoms with Gasteiger partial charge in [0.2, 0.25) is 5.91 Å². The Hall–Kier alpha value is -2.48. The van der Waals surface area contributed by atoms with Crippen molar-refractivity contribution in [1.82, 2.24) is 4.98 Å². The van der Waals surface area contributed by atoms with Crippen LogP contribution in [0.15, 0.2) is 41.0 Å². The number of nitrogens with one attached hydrogen (secondary N) is 1. The Balaban J connectivity index is 2.00. The molecule has 0 bridgehead atoms. The molecule has 1 amide bonds. The summed E-state index contributed by atoms with van der Waals surface area (Å²) in [6.45, 7) is 1.99. The molecule has 0 fully saturated rings. The first kappa shape index (κ1) is 16.9. The second-order valence-corrected chi connectivity index (χ2v) is 5.91. The molecule has 1 N–H and O–H groups in total. The Morgan fingerprint density at radius 2 is 2.13 bits per heavy atom. The van der Waals surface area contributed by atoms with Gasteiger partial charge in [0.1, 0.15) is 12.0 Å². The zero-order valence-electron chi connectivity index (χ0n) is 12.6. The molecule has 0 saturated heterocycles. The highest BCUT2D eigenvalue weighted by atomic mass is 79.9. The first-order valence-electron chi connectivity index (χ1n) is 6.74. The minimum absolute atomic E-state index is 0.0836. The van der Waals surface area contributed by atoms with Crippen LogP contribution in [0.25, 0.3) is 0 Å². The van der Waals surface area contributed by atoms with E-state index in [4.69, 9.17) is 0 Å². The lowest BCUT2D eigenvalue weighted by Crippen LogP contribution is -2.30. The maximum atomic E-state index is 12.1. The molecular weight excluding hydrogens is 364 g/mol. The molecule has 1 heterocycles. The number of pyridine rings is 1. The van der Waals surface area contributed by atoms with E-state index >= 15 is 0 Å². The number of hydrogen-bond acceptors (Lipinski definition) is 5. The molecule has 0 aliphatic heterocycles. The minimum Gasteiger partial charge on any atom is -0.350 e. The smallest absolute Gasteiger partial charge is 0.287 e. The van der Waals surface area contributed by atoms with Crippen molar-refractivity contribution >= 4 is 39.0 Å². The maximum absolute atomic E-state index is 12.1. The van der Waals surface area contributed by atoms with Crippen molar-refractivity contribution in [3.05, 3.63) is 56.7 Å². The third kappa shape index (κ3) is 4.49. The molecule has 7 nitrogen and oxygen atoms in total. The highest BCUT2D eigenvalue weighted by Gasteiger charge is 2.12. The van der Waals surface area contributed by atoms with Gasteiger partial charge in [-0.25, -0.2) is 4.98 Å². The molecule has 0 radical (unpaired) electrons. The molecule has 0 atom stereocenters. The number of hydrogen-bond donors (Lipinski definition) is 1. The van der Waals surface area contributed by atoms with Gasteiger partial charge in [-0.3, -0.25) is 14.9 Å². The zero-order chi connectivity index (χ0) is 17.0. The van der Waals surface area contributed by atoms with Crippen molar-refractivity contribution in [3.63, 3.8) is 0 Å². The van der Waals surface area contributed by atoms with Gasteiger partial charge in [-0.2, -0.15) is 0 Å². The maximum Gasteiger partial charge on any atom is 0.287 e. The lowest BCUT2D eigenvalue weighted by atomic mass is 10.2. The fourth-order valence-electron chi connectivity index (χ4n) is 1.97. The monoisotopic (exact) mass is 378 g/mol. The van der Waals surface area contributed by atoms with Crippen molar-refractivity contribution in [2.75, 3.05) is 23.8 Å². The SMILES string of the molecule is Cc1cc(Br)ccc1NC(=O)CN(C)c1ccc([N+](=O)[O-])cn1. The standard InChI is InChI=1S/C15H15BrN4O3/c1-10-7-11(16)3-5-13(10)18-15(21)9-19(2)14-6-4-12(8-17-14)20(22)23/h3-8H,9H2,1-2H3,(H,18,21). The van der Waals surface area contributed by atoms with Gasteiger partial charge in [0.15, 0.2) is 0 Å². The molecule has 1 aromatic carbocycles. The third-order valence-corrected chi connectivity index (χ3v) is 3.67. The lowest BCUT2D eigenvalue weighted by Gasteiger charge is -2.18. The van der Waals surface area contributed by atoms with Crippen LogP contribution in [0.3, 0.4) is 0 Å². The Bertz CT molecular complexity index is 734. The summed E-state index contributed by atoms with van der Waals surface area (Å²) in [5.74, 6) is 0.288. The number of rotatable bonds is 5. The Morgan fingerprint density at radius 3 is 2.70 bits per heavy atom. The number of amides is 1. The van der Waals surface area contributed by atoms with Crippen molar-refractivity contribution in [3.8, 4) is 0 Å². The molecule has 8 heteroatoms. The number of carbonyl (C=O) groups is 1. The van der Waals surface area contributed by atoms with Gasteiger partial charge in [-0.05, 0) is 36.8 Å². The van der Waals surface area contributed by atoms with E-state index in [0.717, 1.165) is 15.7 Å². The Morgan fingerprint density at radius 1 is 1.39 bits per heavy atom. The van der Waals surface area contributed by atoms with Crippen LogP contribution in [-0.4, -0.2) is 29.4 Å². The van der Waals surface area contributed by atoms with Crippen LogP contribution in [0.2, 0.25) is 0 Å². The summed E-state index contributed by atoms with van der Waals surface area (Å²) in [6.07, 6.45) is 1.17. The summed E-state index contributed by atoms with van der Waals surface area (Å²) in [5, 5.41) is 13.4. The summed E-state index contributed by atoms with van der Waals surface area (Å²) < 4.78 is 0.945. The van der Waals surface area contributed by atoms with Crippen LogP contribution in [0, 0.1) is 17.0 Å². The number of anilines is 2. The van der Waals surface area contributed by atoms with Gasteiger partial charge in [-0.15, -0.1) is 0 Å². The van der Waals surface area contributed by atoms with Gasteiger partial charge in [-0.1, -0.05) is 15.9 Å². The van der Waals surface area contributed by atoms with Gasteiger partial charge < -0.3 is 10.2 Å². The van der Waals surface area contributed by atoms with Crippen molar-refractivity contribution in [2.45, 2.75) is 6.92 Å². The van der Waals surface area contributed by atoms with Crippen LogP contribution >= 0.6 is 15.9 Å². The molecule has 0 aliphatic rings. The Labute approximate surface area is 141 Å². The zero-order valence-corrected chi connectivity index (χ0v) is 14.2. The van der Waals surface area contributed by atoms with Gasteiger partial charge >= 0.3 is 0 Å². The van der Waals surface area contributed by atoms with Crippen molar-refractivity contribution in [1.29, 1.82) is 0 Å². The number of nitrogens with zero attached hydrogens (tertiary/aromatic N) is 3. The van der Waals surface area contributed by atoms with Crippen molar-refractivity contribution < 1.29 is 9.72 Å². The summed E-state index contributed by atoms with van der Waals surface area (Å²) in [7, 11) is 1.70. The molecule has 1 aromatic heterocycles. The number of likely N-dealkylation sites (N-methyl/N-ethyl adjacent to an activating group) is 1. The van der Waals surface area contributed by atoms with Gasteiger partial charge in [0.25, 0.3) is 5.69 Å². The number of benzene rings is 1. The van der Waals surface area contributed by atoms with E-state index in [0.29, 0.717) is 5.82 Å². The van der Waals surface area contributed by atoms with Gasteiger partial charge in [0, 0.05) is 23.3 Å². The van der Waals surface area contributed by atoms with Crippen molar-refractivity contribution in [2.24, 2.45) is 0 Å². The average Bonchev–Trinajstić information content (AvgIpc) is 2.50. The van der Waals surface area contributed by atoms with E-state index in [2.05, 4.69) is 26.2 Å². The van der Waals surface area contributed by atoms with Crippen LogP contribution in [-0.2, 0) is 4.79 Å². The molecule has 0 saturated carbocycles. The van der Waals surface area contributed by atoms with E-state index in [9.17, 15) is 14.9 Å². The minimum atomic E-state index is -0.514. The molecule has 0 aliphatic carbocycles. The first-order chi connectivity index (χ1) is 10.9. The van der Waals surface area contributed by atoms with Crippen LogP contribution < -0.4 is 10.2 Å². The van der Waals surface area contributed by atoms with E-state index in [1.54, 1.807) is 11.9 Å². The molecule has 2 rings (SSSR count). The van der Waals surface area contributed by atoms with E-state index < -0.39 is 4.92 Å². The van der Waals surface area contributed by atoms with Crippen LogP contribution in [0.4, 0.5) is 17.2 Å². The normalized spacial score (nSPS) is 10.2. The summed E-state index contributed by atoms with van der Waals surface area (Å²) in [6, 6.07) is 8.45. The number of aryl methyl sites for hydroxylation is 1. The van der Waals surface area contributed by atoms with Gasteiger partial charge in [0.05, 0.1) is 11.5 Å². The summed E-state index contributed by atoms with van der Waals surface area (Å²) in [4.78, 5) is 27.8. The predicted molar refractivity (Wildman–Crippen MR) is 91.7 cm³/mol. The fourth-order valence-corrected chi connectivity index (χ4v) is 2.44. The summed E-state index contributed by atoms with van der Waals surface area (Å²) in [5.41, 5.74) is 1.60. The second-order valence-electron chi connectivity index (χ2n) is 5.00. The third-order valence-electron chi connectivity index (χ3n) is 3.18. The van der Waals surface area contributed by atoms with E-state index in [-0.39, 0.29) is 18.1 Å². The quantitative estimate of drug-likeness (QED) is 0.637. The Kier molecular flexibility index (Phi) is 5.28. The summed E-state index contributed by atoms with van der Waals surface area (Å²) >= 11 is 3.37. The highest BCUT2D eigenvalue weighted by Crippen LogP contribution is 2.20. The molecule has 23 heavy (non-hydrogen) atoms. The van der Waals surface area contributed by atoms with E-state index in [1.807, 2.05) is 25.1 Å². The largest absolute Gasteiger partial charge is 0.350 e. The second kappa shape index (κ2) is 7.19. The number of nitro groups is 1. The number of aromatic nitrogens is 1. The number of carbonyl (C=O) groups excluding carboxylic acids is 1. The predicted octanol–water partition coefficient (Wildman–Crippen LogP) is 3.14. The topological polar surface area (TPSA) is 88.4 Å². The number of halogens is 1. The lowest BCUT2D eigenvalue weighted by molar-refractivity contribution is -0.385. The average molecular weight is 379 g/mol. The molecule has 120 valence electrons. The fraction of sp³-hybridized carbons (Fsp3) is 0.200. The molecular formula is C15H15BrN4O3. The van der Waals surface area contributed by atoms with E-state index in [1.165, 1.54) is 18.3 Å². The highest BCUT2D eigenvalue weighted by molar-refractivity contribution is 9.10. The molecule has 0 spiro atoms. The van der Waals surface area contributed by atoms with Crippen LogP contribution in [0.5, 0.6) is 0 Å². The molecule has 0 unspecified atom stereocenters. The first-order valence-corrected chi connectivity index (χ1v) is 7.53.